The molecule has 0 radical (unpaired) electrons. The van der Waals surface area contributed by atoms with Gasteiger partial charge < -0.3 is 25.4 Å². The van der Waals surface area contributed by atoms with Crippen LogP contribution in [0.5, 0.6) is 11.5 Å². The van der Waals surface area contributed by atoms with Gasteiger partial charge in [0.2, 0.25) is 5.91 Å². The molecule has 0 spiro atoms. The summed E-state index contributed by atoms with van der Waals surface area (Å²) < 4.78 is 10.6. The first-order valence-electron chi connectivity index (χ1n) is 10.2. The molecule has 0 atom stereocenters. The van der Waals surface area contributed by atoms with Gasteiger partial charge in [-0.25, -0.2) is 4.99 Å². The zero-order valence-electron chi connectivity index (χ0n) is 18.0. The molecule has 0 aliphatic heterocycles. The molecule has 0 aliphatic carbocycles. The zero-order chi connectivity index (χ0) is 21.6. The van der Waals surface area contributed by atoms with Crippen molar-refractivity contribution in [3.05, 3.63) is 59.7 Å². The van der Waals surface area contributed by atoms with E-state index in [9.17, 15) is 4.79 Å². The molecule has 30 heavy (non-hydrogen) atoms. The van der Waals surface area contributed by atoms with Crippen molar-refractivity contribution in [3.63, 3.8) is 0 Å². The third-order valence-corrected chi connectivity index (χ3v) is 4.46. The van der Waals surface area contributed by atoms with Gasteiger partial charge in [0.05, 0.1) is 14.2 Å². The Hall–Kier alpha value is -3.22. The van der Waals surface area contributed by atoms with Crippen molar-refractivity contribution in [2.75, 3.05) is 40.4 Å². The molecular weight excluding hydrogens is 380 g/mol. The van der Waals surface area contributed by atoms with Gasteiger partial charge >= 0.3 is 0 Å². The van der Waals surface area contributed by atoms with Gasteiger partial charge in [-0.15, -0.1) is 0 Å². The van der Waals surface area contributed by atoms with Crippen LogP contribution >= 0.6 is 0 Å². The standard InChI is InChI=1S/C23H32N4O3/c1-4-24-23(26-15-13-19-10-11-20(29-2)21(16-19)30-3)27-17-22(28)25-14-12-18-8-6-5-7-9-18/h5-11,16H,4,12-15,17H2,1-3H3,(H,25,28)(H2,24,26,27). The number of carbonyl (C=O) groups is 1. The number of aliphatic imine (C=N–C) groups is 1. The predicted molar refractivity (Wildman–Crippen MR) is 120 cm³/mol. The Kier molecular flexibility index (Phi) is 10.1. The highest BCUT2D eigenvalue weighted by Gasteiger charge is 2.06. The van der Waals surface area contributed by atoms with E-state index in [0.29, 0.717) is 30.5 Å². The monoisotopic (exact) mass is 412 g/mol. The van der Waals surface area contributed by atoms with E-state index in [1.807, 2.05) is 43.3 Å². The van der Waals surface area contributed by atoms with Crippen LogP contribution in [0, 0.1) is 0 Å². The van der Waals surface area contributed by atoms with Crippen LogP contribution in [-0.2, 0) is 17.6 Å². The van der Waals surface area contributed by atoms with Crippen molar-refractivity contribution in [3.8, 4) is 11.5 Å². The molecule has 1 amide bonds. The van der Waals surface area contributed by atoms with E-state index >= 15 is 0 Å². The van der Waals surface area contributed by atoms with E-state index in [-0.39, 0.29) is 12.5 Å². The Bertz CT molecular complexity index is 809. The molecule has 0 saturated carbocycles. The number of methoxy groups -OCH3 is 2. The molecule has 162 valence electrons. The van der Waals surface area contributed by atoms with E-state index in [0.717, 1.165) is 24.9 Å². The first kappa shape index (κ1) is 23.1. The normalized spacial score (nSPS) is 11.0. The third kappa shape index (κ3) is 8.03. The third-order valence-electron chi connectivity index (χ3n) is 4.46. The van der Waals surface area contributed by atoms with Crippen LogP contribution < -0.4 is 25.4 Å². The molecule has 2 aromatic carbocycles. The number of hydrogen-bond acceptors (Lipinski definition) is 4. The lowest BCUT2D eigenvalue weighted by Crippen LogP contribution is -2.39. The van der Waals surface area contributed by atoms with Crippen molar-refractivity contribution in [1.82, 2.24) is 16.0 Å². The van der Waals surface area contributed by atoms with Gasteiger partial charge in [-0.05, 0) is 43.0 Å². The Balaban J connectivity index is 1.77. The summed E-state index contributed by atoms with van der Waals surface area (Å²) in [5.74, 6) is 1.95. The molecule has 0 bridgehead atoms. The molecule has 2 rings (SSSR count). The highest BCUT2D eigenvalue weighted by atomic mass is 16.5. The number of hydrogen-bond donors (Lipinski definition) is 3. The summed E-state index contributed by atoms with van der Waals surface area (Å²) in [7, 11) is 3.25. The second-order valence-electron chi connectivity index (χ2n) is 6.65. The Morgan fingerprint density at radius 3 is 2.27 bits per heavy atom. The maximum Gasteiger partial charge on any atom is 0.241 e. The minimum Gasteiger partial charge on any atom is -0.493 e. The van der Waals surface area contributed by atoms with Gasteiger partial charge in [-0.1, -0.05) is 36.4 Å². The van der Waals surface area contributed by atoms with Crippen molar-refractivity contribution >= 4 is 11.9 Å². The topological polar surface area (TPSA) is 84.0 Å². The molecule has 0 aliphatic rings. The van der Waals surface area contributed by atoms with Gasteiger partial charge in [-0.3, -0.25) is 4.79 Å². The summed E-state index contributed by atoms with van der Waals surface area (Å²) in [5.41, 5.74) is 2.32. The maximum absolute atomic E-state index is 12.1. The van der Waals surface area contributed by atoms with Crippen LogP contribution in [0.15, 0.2) is 53.5 Å². The second kappa shape index (κ2) is 13.1. The van der Waals surface area contributed by atoms with Crippen molar-refractivity contribution in [2.45, 2.75) is 19.8 Å². The largest absolute Gasteiger partial charge is 0.493 e. The minimum absolute atomic E-state index is 0.0838. The summed E-state index contributed by atoms with van der Waals surface area (Å²) in [5, 5.41) is 9.33. The fourth-order valence-electron chi connectivity index (χ4n) is 2.90. The molecule has 0 aromatic heterocycles. The number of ether oxygens (including phenoxy) is 2. The Labute approximate surface area is 178 Å². The van der Waals surface area contributed by atoms with Crippen LogP contribution in [0.2, 0.25) is 0 Å². The van der Waals surface area contributed by atoms with Gasteiger partial charge in [0.25, 0.3) is 0 Å². The lowest BCUT2D eigenvalue weighted by atomic mass is 10.1. The van der Waals surface area contributed by atoms with Crippen LogP contribution in [0.25, 0.3) is 0 Å². The average Bonchev–Trinajstić information content (AvgIpc) is 2.78. The number of rotatable bonds is 11. The number of nitrogens with zero attached hydrogens (tertiary/aromatic N) is 1. The molecule has 0 unspecified atom stereocenters. The molecule has 2 aromatic rings. The zero-order valence-corrected chi connectivity index (χ0v) is 18.0. The van der Waals surface area contributed by atoms with E-state index in [1.165, 1.54) is 5.56 Å². The summed E-state index contributed by atoms with van der Waals surface area (Å²) >= 11 is 0. The van der Waals surface area contributed by atoms with Crippen molar-refractivity contribution < 1.29 is 14.3 Å². The van der Waals surface area contributed by atoms with Crippen LogP contribution in [0.1, 0.15) is 18.1 Å². The highest BCUT2D eigenvalue weighted by Crippen LogP contribution is 2.27. The summed E-state index contributed by atoms with van der Waals surface area (Å²) in [6, 6.07) is 15.9. The van der Waals surface area contributed by atoms with Crippen molar-refractivity contribution in [1.29, 1.82) is 0 Å². The van der Waals surface area contributed by atoms with Gasteiger partial charge in [-0.2, -0.15) is 0 Å². The molecule has 0 heterocycles. The number of nitrogens with one attached hydrogen (secondary N) is 3. The smallest absolute Gasteiger partial charge is 0.241 e. The number of guanidine groups is 1. The minimum atomic E-state index is -0.0944. The summed E-state index contributed by atoms with van der Waals surface area (Å²) in [6.45, 7) is 4.07. The van der Waals surface area contributed by atoms with Gasteiger partial charge in [0.1, 0.15) is 6.54 Å². The molecule has 7 nitrogen and oxygen atoms in total. The maximum atomic E-state index is 12.1. The molecule has 0 saturated heterocycles. The quantitative estimate of drug-likeness (QED) is 0.389. The highest BCUT2D eigenvalue weighted by molar-refractivity contribution is 5.84. The Morgan fingerprint density at radius 1 is 0.867 bits per heavy atom. The SMILES string of the molecule is CCNC(=NCC(=O)NCCc1ccccc1)NCCc1ccc(OC)c(OC)c1. The molecule has 0 fully saturated rings. The summed E-state index contributed by atoms with van der Waals surface area (Å²) in [6.07, 6.45) is 1.59. The van der Waals surface area contributed by atoms with Crippen LogP contribution in [-0.4, -0.2) is 52.3 Å². The van der Waals surface area contributed by atoms with Crippen molar-refractivity contribution in [2.24, 2.45) is 4.99 Å². The van der Waals surface area contributed by atoms with Gasteiger partial charge in [0.15, 0.2) is 17.5 Å². The van der Waals surface area contributed by atoms with Crippen LogP contribution in [0.4, 0.5) is 0 Å². The van der Waals surface area contributed by atoms with Gasteiger partial charge in [0, 0.05) is 19.6 Å². The van der Waals surface area contributed by atoms with E-state index < -0.39 is 0 Å². The first-order chi connectivity index (χ1) is 14.7. The lowest BCUT2D eigenvalue weighted by molar-refractivity contribution is -0.119. The molecule has 7 heteroatoms. The molecule has 3 N–H and O–H groups in total. The number of carbonyl (C=O) groups excluding carboxylic acids is 1. The summed E-state index contributed by atoms with van der Waals surface area (Å²) in [4.78, 5) is 16.4. The second-order valence-corrected chi connectivity index (χ2v) is 6.65. The van der Waals surface area contributed by atoms with Crippen LogP contribution in [0.3, 0.4) is 0 Å². The van der Waals surface area contributed by atoms with E-state index in [2.05, 4.69) is 33.1 Å². The molecular formula is C23H32N4O3. The number of amides is 1. The average molecular weight is 413 g/mol. The number of benzene rings is 2. The van der Waals surface area contributed by atoms with E-state index in [4.69, 9.17) is 9.47 Å². The lowest BCUT2D eigenvalue weighted by Gasteiger charge is -2.13. The first-order valence-corrected chi connectivity index (χ1v) is 10.2. The fraction of sp³-hybridized carbons (Fsp3) is 0.391. The predicted octanol–water partition coefficient (Wildman–Crippen LogP) is 2.16. The fourth-order valence-corrected chi connectivity index (χ4v) is 2.90. The van der Waals surface area contributed by atoms with E-state index in [1.54, 1.807) is 14.2 Å². The Morgan fingerprint density at radius 2 is 1.57 bits per heavy atom.